The van der Waals surface area contributed by atoms with Gasteiger partial charge in [0, 0.05) is 25.6 Å². The Morgan fingerprint density at radius 1 is 1.30 bits per heavy atom. The molecule has 0 saturated heterocycles. The lowest BCUT2D eigenvalue weighted by Crippen LogP contribution is -2.20. The van der Waals surface area contributed by atoms with Crippen molar-refractivity contribution in [1.29, 1.82) is 0 Å². The molecule has 0 unspecified atom stereocenters. The molecule has 0 radical (unpaired) electrons. The molecule has 2 aromatic rings. The highest BCUT2D eigenvalue weighted by molar-refractivity contribution is 5.57. The van der Waals surface area contributed by atoms with Crippen LogP contribution in [0.3, 0.4) is 0 Å². The molecule has 1 N–H and O–H groups in total. The Labute approximate surface area is 120 Å². The Morgan fingerprint density at radius 2 is 2.20 bits per heavy atom. The van der Waals surface area contributed by atoms with E-state index < -0.39 is 0 Å². The van der Waals surface area contributed by atoms with Gasteiger partial charge in [-0.2, -0.15) is 0 Å². The molecule has 1 aromatic carbocycles. The molecule has 0 aliphatic carbocycles. The zero-order valence-electron chi connectivity index (χ0n) is 12.2. The molecule has 0 aliphatic heterocycles. The number of nitrogens with one attached hydrogen (secondary N) is 1. The Kier molecular flexibility index (Phi) is 5.77. The molecule has 0 amide bonds. The van der Waals surface area contributed by atoms with Crippen LogP contribution in [0.4, 0.5) is 0 Å². The summed E-state index contributed by atoms with van der Waals surface area (Å²) in [5.74, 6) is 1.64. The third-order valence-electron chi connectivity index (χ3n) is 3.08. The van der Waals surface area contributed by atoms with Crippen LogP contribution in [0.1, 0.15) is 17.9 Å². The number of oxazole rings is 1. The quantitative estimate of drug-likeness (QED) is 0.752. The number of aryl methyl sites for hydroxylation is 2. The van der Waals surface area contributed by atoms with Crippen LogP contribution >= 0.6 is 0 Å². The summed E-state index contributed by atoms with van der Waals surface area (Å²) in [6.45, 7) is 4.66. The summed E-state index contributed by atoms with van der Waals surface area (Å²) in [4.78, 5) is 4.34. The smallest absolute Gasteiger partial charge is 0.194 e. The van der Waals surface area contributed by atoms with Crippen LogP contribution in [0.2, 0.25) is 0 Å². The number of benzene rings is 1. The summed E-state index contributed by atoms with van der Waals surface area (Å²) in [6.07, 6.45) is 3.67. The minimum absolute atomic E-state index is 0.747. The van der Waals surface area contributed by atoms with Crippen molar-refractivity contribution in [3.63, 3.8) is 0 Å². The van der Waals surface area contributed by atoms with Crippen molar-refractivity contribution < 1.29 is 9.15 Å². The number of aromatic nitrogens is 1. The minimum Gasteiger partial charge on any atom is -0.441 e. The highest BCUT2D eigenvalue weighted by Crippen LogP contribution is 2.21. The van der Waals surface area contributed by atoms with E-state index in [0.717, 1.165) is 49.8 Å². The van der Waals surface area contributed by atoms with Gasteiger partial charge in [-0.15, -0.1) is 0 Å². The molecule has 0 fully saturated rings. The van der Waals surface area contributed by atoms with Crippen LogP contribution in [0.25, 0.3) is 11.3 Å². The average molecular weight is 274 g/mol. The van der Waals surface area contributed by atoms with E-state index in [1.54, 1.807) is 7.11 Å². The Bertz CT molecular complexity index is 523. The highest BCUT2D eigenvalue weighted by Gasteiger charge is 2.06. The van der Waals surface area contributed by atoms with Gasteiger partial charge in [-0.05, 0) is 26.0 Å². The van der Waals surface area contributed by atoms with E-state index in [1.807, 2.05) is 18.3 Å². The zero-order chi connectivity index (χ0) is 14.2. The fourth-order valence-electron chi connectivity index (χ4n) is 2.02. The van der Waals surface area contributed by atoms with Gasteiger partial charge >= 0.3 is 0 Å². The van der Waals surface area contributed by atoms with Crippen molar-refractivity contribution in [3.05, 3.63) is 41.9 Å². The van der Waals surface area contributed by atoms with Crippen molar-refractivity contribution in [3.8, 4) is 11.3 Å². The van der Waals surface area contributed by atoms with E-state index in [-0.39, 0.29) is 0 Å². The van der Waals surface area contributed by atoms with Crippen LogP contribution in [-0.2, 0) is 11.2 Å². The van der Waals surface area contributed by atoms with Crippen molar-refractivity contribution in [2.75, 3.05) is 26.8 Å². The molecule has 1 aromatic heterocycles. The van der Waals surface area contributed by atoms with Crippen molar-refractivity contribution >= 4 is 0 Å². The van der Waals surface area contributed by atoms with Gasteiger partial charge in [0.05, 0.1) is 12.8 Å². The molecule has 0 atom stereocenters. The Balaban J connectivity index is 1.80. The van der Waals surface area contributed by atoms with Crippen molar-refractivity contribution in [2.45, 2.75) is 19.8 Å². The van der Waals surface area contributed by atoms with E-state index in [2.05, 4.69) is 29.4 Å². The number of rotatable bonds is 8. The zero-order valence-corrected chi connectivity index (χ0v) is 12.2. The van der Waals surface area contributed by atoms with Crippen molar-refractivity contribution in [2.24, 2.45) is 0 Å². The van der Waals surface area contributed by atoms with Crippen LogP contribution in [-0.4, -0.2) is 31.8 Å². The molecule has 108 valence electrons. The number of hydrogen-bond donors (Lipinski definition) is 1. The van der Waals surface area contributed by atoms with Gasteiger partial charge in [0.25, 0.3) is 0 Å². The second-order valence-corrected chi connectivity index (χ2v) is 4.83. The van der Waals surface area contributed by atoms with Gasteiger partial charge < -0.3 is 14.5 Å². The van der Waals surface area contributed by atoms with Gasteiger partial charge in [-0.25, -0.2) is 4.98 Å². The van der Waals surface area contributed by atoms with Gasteiger partial charge in [0.15, 0.2) is 11.7 Å². The van der Waals surface area contributed by atoms with Crippen LogP contribution in [0, 0.1) is 6.92 Å². The topological polar surface area (TPSA) is 47.3 Å². The Morgan fingerprint density at radius 3 is 3.00 bits per heavy atom. The first-order chi connectivity index (χ1) is 9.79. The highest BCUT2D eigenvalue weighted by atomic mass is 16.5. The third kappa shape index (κ3) is 4.47. The van der Waals surface area contributed by atoms with E-state index >= 15 is 0 Å². The summed E-state index contributed by atoms with van der Waals surface area (Å²) in [6, 6.07) is 8.26. The summed E-state index contributed by atoms with van der Waals surface area (Å²) < 4.78 is 10.8. The first-order valence-corrected chi connectivity index (χ1v) is 7.01. The molecule has 0 bridgehead atoms. The SMILES string of the molecule is COCCNCCCc1ncc(-c2cccc(C)c2)o1. The lowest BCUT2D eigenvalue weighted by molar-refractivity contribution is 0.199. The van der Waals surface area contributed by atoms with Crippen LogP contribution in [0.5, 0.6) is 0 Å². The van der Waals surface area contributed by atoms with E-state index in [9.17, 15) is 0 Å². The van der Waals surface area contributed by atoms with Crippen LogP contribution < -0.4 is 5.32 Å². The Hall–Kier alpha value is -1.65. The molecule has 1 heterocycles. The van der Waals surface area contributed by atoms with Crippen LogP contribution in [0.15, 0.2) is 34.9 Å². The maximum atomic E-state index is 5.79. The van der Waals surface area contributed by atoms with E-state index in [1.165, 1.54) is 5.56 Å². The standard InChI is InChI=1S/C16H22N2O2/c1-13-5-3-6-14(11-13)15-12-18-16(20-15)7-4-8-17-9-10-19-2/h3,5-6,11-12,17H,4,7-10H2,1-2H3. The van der Waals surface area contributed by atoms with Crippen molar-refractivity contribution in [1.82, 2.24) is 10.3 Å². The van der Waals surface area contributed by atoms with E-state index in [0.29, 0.717) is 0 Å². The summed E-state index contributed by atoms with van der Waals surface area (Å²) in [5, 5.41) is 3.31. The van der Waals surface area contributed by atoms with E-state index in [4.69, 9.17) is 9.15 Å². The first kappa shape index (κ1) is 14.8. The minimum atomic E-state index is 0.747. The molecule has 0 aliphatic rings. The number of methoxy groups -OCH3 is 1. The average Bonchev–Trinajstić information content (AvgIpc) is 2.91. The largest absolute Gasteiger partial charge is 0.441 e. The number of nitrogens with zero attached hydrogens (tertiary/aromatic N) is 1. The number of ether oxygens (including phenoxy) is 1. The van der Waals surface area contributed by atoms with Gasteiger partial charge in [0.2, 0.25) is 0 Å². The molecule has 0 spiro atoms. The first-order valence-electron chi connectivity index (χ1n) is 7.01. The summed E-state index contributed by atoms with van der Waals surface area (Å²) >= 11 is 0. The molecular formula is C16H22N2O2. The van der Waals surface area contributed by atoms with Gasteiger partial charge in [-0.1, -0.05) is 23.8 Å². The predicted octanol–water partition coefficient (Wildman–Crippen LogP) is 2.82. The molecule has 4 nitrogen and oxygen atoms in total. The summed E-state index contributed by atoms with van der Waals surface area (Å²) in [5.41, 5.74) is 2.31. The fraction of sp³-hybridized carbons (Fsp3) is 0.438. The normalized spacial score (nSPS) is 10.9. The monoisotopic (exact) mass is 274 g/mol. The van der Waals surface area contributed by atoms with Gasteiger partial charge in [-0.3, -0.25) is 0 Å². The fourth-order valence-corrected chi connectivity index (χ4v) is 2.02. The second kappa shape index (κ2) is 7.82. The maximum absolute atomic E-state index is 5.79. The molecule has 4 heteroatoms. The molecule has 0 saturated carbocycles. The lowest BCUT2D eigenvalue weighted by Gasteiger charge is -2.02. The molecule has 2 rings (SSSR count). The molecular weight excluding hydrogens is 252 g/mol. The number of hydrogen-bond acceptors (Lipinski definition) is 4. The summed E-state index contributed by atoms with van der Waals surface area (Å²) in [7, 11) is 1.71. The molecule has 20 heavy (non-hydrogen) atoms. The second-order valence-electron chi connectivity index (χ2n) is 4.83. The maximum Gasteiger partial charge on any atom is 0.194 e. The lowest BCUT2D eigenvalue weighted by atomic mass is 10.1. The third-order valence-corrected chi connectivity index (χ3v) is 3.08. The predicted molar refractivity (Wildman–Crippen MR) is 79.7 cm³/mol. The van der Waals surface area contributed by atoms with Gasteiger partial charge in [0.1, 0.15) is 0 Å².